The molecule has 0 radical (unpaired) electrons. The maximum atomic E-state index is 4.00. The van der Waals surface area contributed by atoms with Crippen molar-refractivity contribution in [3.05, 3.63) is 42.0 Å². The van der Waals surface area contributed by atoms with Crippen LogP contribution >= 0.6 is 0 Å². The monoisotopic (exact) mass is 189 g/mol. The standard InChI is InChI=1S/C13H19N/c1-10(2)9-12-7-5-6-8-13(12)11(3)14-4/h5-8,10,14H,3,9H2,1-2,4H3. The molecule has 76 valence electrons. The third-order valence-corrected chi connectivity index (χ3v) is 2.27. The molecule has 1 rings (SSSR count). The van der Waals surface area contributed by atoms with E-state index < -0.39 is 0 Å². The second-order valence-electron chi connectivity index (χ2n) is 3.98. The molecule has 14 heavy (non-hydrogen) atoms. The summed E-state index contributed by atoms with van der Waals surface area (Å²) in [5.41, 5.74) is 3.62. The second kappa shape index (κ2) is 4.85. The molecule has 1 N–H and O–H groups in total. The summed E-state index contributed by atoms with van der Waals surface area (Å²) in [7, 11) is 1.91. The predicted molar refractivity (Wildman–Crippen MR) is 63.1 cm³/mol. The molecule has 0 heterocycles. The predicted octanol–water partition coefficient (Wildman–Crippen LogP) is 3.08. The van der Waals surface area contributed by atoms with E-state index in [9.17, 15) is 0 Å². The Morgan fingerprint density at radius 1 is 1.36 bits per heavy atom. The average Bonchev–Trinajstić information content (AvgIpc) is 2.16. The normalized spacial score (nSPS) is 10.3. The van der Waals surface area contributed by atoms with Crippen LogP contribution in [0.4, 0.5) is 0 Å². The molecular formula is C13H19N. The van der Waals surface area contributed by atoms with Gasteiger partial charge in [0.2, 0.25) is 0 Å². The minimum atomic E-state index is 0.681. The van der Waals surface area contributed by atoms with Gasteiger partial charge in [-0.2, -0.15) is 0 Å². The molecule has 1 aromatic rings. The smallest absolute Gasteiger partial charge is 0.0340 e. The van der Waals surface area contributed by atoms with Gasteiger partial charge < -0.3 is 5.32 Å². The van der Waals surface area contributed by atoms with Gasteiger partial charge in [-0.25, -0.2) is 0 Å². The fourth-order valence-electron chi connectivity index (χ4n) is 1.57. The largest absolute Gasteiger partial charge is 0.388 e. The van der Waals surface area contributed by atoms with E-state index in [1.165, 1.54) is 11.1 Å². The third kappa shape index (κ3) is 2.63. The molecule has 0 bridgehead atoms. The third-order valence-electron chi connectivity index (χ3n) is 2.27. The number of benzene rings is 1. The maximum absolute atomic E-state index is 4.00. The van der Waals surface area contributed by atoms with Gasteiger partial charge in [-0.05, 0) is 17.9 Å². The lowest BCUT2D eigenvalue weighted by molar-refractivity contribution is 0.646. The summed E-state index contributed by atoms with van der Waals surface area (Å²) in [5.74, 6) is 0.681. The molecule has 0 fully saturated rings. The van der Waals surface area contributed by atoms with Gasteiger partial charge in [0.05, 0.1) is 0 Å². The lowest BCUT2D eigenvalue weighted by atomic mass is 9.97. The van der Waals surface area contributed by atoms with Crippen LogP contribution in [0.3, 0.4) is 0 Å². The quantitative estimate of drug-likeness (QED) is 0.767. The first-order valence-corrected chi connectivity index (χ1v) is 5.10. The van der Waals surface area contributed by atoms with Gasteiger partial charge >= 0.3 is 0 Å². The van der Waals surface area contributed by atoms with Gasteiger partial charge in [0.15, 0.2) is 0 Å². The molecule has 1 aromatic carbocycles. The van der Waals surface area contributed by atoms with Crippen LogP contribution in [0, 0.1) is 5.92 Å². The number of rotatable bonds is 4. The Labute approximate surface area is 86.8 Å². The molecule has 0 saturated carbocycles. The molecule has 0 amide bonds. The van der Waals surface area contributed by atoms with Crippen LogP contribution in [-0.2, 0) is 6.42 Å². The zero-order valence-electron chi connectivity index (χ0n) is 9.30. The molecule has 1 nitrogen and oxygen atoms in total. The fourth-order valence-corrected chi connectivity index (χ4v) is 1.57. The molecule has 0 aliphatic rings. The van der Waals surface area contributed by atoms with Gasteiger partial charge in [-0.15, -0.1) is 0 Å². The zero-order valence-corrected chi connectivity index (χ0v) is 9.30. The SMILES string of the molecule is C=C(NC)c1ccccc1CC(C)C. The molecule has 0 saturated heterocycles. The van der Waals surface area contributed by atoms with Crippen molar-refractivity contribution in [3.8, 4) is 0 Å². The number of nitrogens with one attached hydrogen (secondary N) is 1. The van der Waals surface area contributed by atoms with Crippen molar-refractivity contribution in [1.29, 1.82) is 0 Å². The van der Waals surface area contributed by atoms with Gasteiger partial charge in [0, 0.05) is 18.3 Å². The highest BCUT2D eigenvalue weighted by Crippen LogP contribution is 2.18. The van der Waals surface area contributed by atoms with Crippen molar-refractivity contribution in [1.82, 2.24) is 5.32 Å². The van der Waals surface area contributed by atoms with E-state index in [4.69, 9.17) is 0 Å². The molecule has 0 atom stereocenters. The Bertz CT molecular complexity index is 313. The minimum absolute atomic E-state index is 0.681. The lowest BCUT2D eigenvalue weighted by Crippen LogP contribution is -2.07. The van der Waals surface area contributed by atoms with Crippen LogP contribution in [-0.4, -0.2) is 7.05 Å². The first-order valence-electron chi connectivity index (χ1n) is 5.10. The highest BCUT2D eigenvalue weighted by Gasteiger charge is 2.05. The van der Waals surface area contributed by atoms with E-state index in [0.717, 1.165) is 12.1 Å². The Hall–Kier alpha value is -1.24. The fraction of sp³-hybridized carbons (Fsp3) is 0.385. The first kappa shape index (κ1) is 10.8. The van der Waals surface area contributed by atoms with Gasteiger partial charge in [-0.3, -0.25) is 0 Å². The highest BCUT2D eigenvalue weighted by atomic mass is 14.8. The van der Waals surface area contributed by atoms with Gasteiger partial charge in [-0.1, -0.05) is 44.7 Å². The van der Waals surface area contributed by atoms with E-state index >= 15 is 0 Å². The molecule has 0 spiro atoms. The van der Waals surface area contributed by atoms with Crippen LogP contribution in [0.1, 0.15) is 25.0 Å². The van der Waals surface area contributed by atoms with Gasteiger partial charge in [0.1, 0.15) is 0 Å². The van der Waals surface area contributed by atoms with E-state index in [0.29, 0.717) is 5.92 Å². The van der Waals surface area contributed by atoms with Crippen molar-refractivity contribution in [2.24, 2.45) is 5.92 Å². The van der Waals surface area contributed by atoms with Crippen molar-refractivity contribution >= 4 is 5.70 Å². The van der Waals surface area contributed by atoms with E-state index in [2.05, 4.69) is 50.0 Å². The first-order chi connectivity index (χ1) is 6.65. The van der Waals surface area contributed by atoms with Crippen molar-refractivity contribution in [2.45, 2.75) is 20.3 Å². The molecule has 0 unspecified atom stereocenters. The Balaban J connectivity index is 2.97. The van der Waals surface area contributed by atoms with Crippen LogP contribution in [0.5, 0.6) is 0 Å². The van der Waals surface area contributed by atoms with Crippen LogP contribution in [0.25, 0.3) is 5.70 Å². The van der Waals surface area contributed by atoms with Crippen molar-refractivity contribution < 1.29 is 0 Å². The molecule has 0 aliphatic carbocycles. The highest BCUT2D eigenvalue weighted by molar-refractivity contribution is 5.64. The topological polar surface area (TPSA) is 12.0 Å². The summed E-state index contributed by atoms with van der Waals surface area (Å²) in [5, 5.41) is 3.10. The van der Waals surface area contributed by atoms with Crippen molar-refractivity contribution in [3.63, 3.8) is 0 Å². The molecular weight excluding hydrogens is 170 g/mol. The van der Waals surface area contributed by atoms with E-state index in [1.807, 2.05) is 7.05 Å². The summed E-state index contributed by atoms with van der Waals surface area (Å²) in [6.45, 7) is 8.47. The van der Waals surface area contributed by atoms with Crippen LogP contribution in [0.15, 0.2) is 30.8 Å². The Morgan fingerprint density at radius 3 is 2.57 bits per heavy atom. The molecule has 0 aromatic heterocycles. The molecule has 0 aliphatic heterocycles. The Kier molecular flexibility index (Phi) is 3.75. The average molecular weight is 189 g/mol. The maximum Gasteiger partial charge on any atom is 0.0340 e. The summed E-state index contributed by atoms with van der Waals surface area (Å²) in [6.07, 6.45) is 1.11. The van der Waals surface area contributed by atoms with E-state index in [-0.39, 0.29) is 0 Å². The van der Waals surface area contributed by atoms with Crippen LogP contribution in [0.2, 0.25) is 0 Å². The summed E-state index contributed by atoms with van der Waals surface area (Å²) >= 11 is 0. The minimum Gasteiger partial charge on any atom is -0.388 e. The Morgan fingerprint density at radius 2 is 2.00 bits per heavy atom. The number of hydrogen-bond donors (Lipinski definition) is 1. The number of hydrogen-bond acceptors (Lipinski definition) is 1. The second-order valence-corrected chi connectivity index (χ2v) is 3.98. The van der Waals surface area contributed by atoms with Crippen molar-refractivity contribution in [2.75, 3.05) is 7.05 Å². The lowest BCUT2D eigenvalue weighted by Gasteiger charge is -2.13. The van der Waals surface area contributed by atoms with Crippen LogP contribution < -0.4 is 5.32 Å². The van der Waals surface area contributed by atoms with E-state index in [1.54, 1.807) is 0 Å². The van der Waals surface area contributed by atoms with Gasteiger partial charge in [0.25, 0.3) is 0 Å². The zero-order chi connectivity index (χ0) is 10.6. The summed E-state index contributed by atoms with van der Waals surface area (Å²) < 4.78 is 0. The summed E-state index contributed by atoms with van der Waals surface area (Å²) in [4.78, 5) is 0. The molecule has 1 heteroatoms. The summed E-state index contributed by atoms with van der Waals surface area (Å²) in [6, 6.07) is 8.44.